The van der Waals surface area contributed by atoms with E-state index in [-0.39, 0.29) is 23.8 Å². The average molecular weight is 346 g/mol. The summed E-state index contributed by atoms with van der Waals surface area (Å²) in [6, 6.07) is 0.0113. The first kappa shape index (κ1) is 16.8. The zero-order valence-corrected chi connectivity index (χ0v) is 13.7. The van der Waals surface area contributed by atoms with Gasteiger partial charge in [0.2, 0.25) is 0 Å². The van der Waals surface area contributed by atoms with Crippen molar-refractivity contribution in [3.8, 4) is 0 Å². The highest BCUT2D eigenvalue weighted by Crippen LogP contribution is 2.33. The summed E-state index contributed by atoms with van der Waals surface area (Å²) >= 11 is 3.35. The first-order valence-corrected chi connectivity index (χ1v) is 7.14. The highest BCUT2D eigenvalue weighted by molar-refractivity contribution is 9.10. The second kappa shape index (κ2) is 6.49. The van der Waals surface area contributed by atoms with Gasteiger partial charge in [0, 0.05) is 18.2 Å². The molecular formula is C13H20BrN3O3. The number of pyridine rings is 1. The second-order valence-corrected chi connectivity index (χ2v) is 6.56. The smallest absolute Gasteiger partial charge is 0.291 e. The monoisotopic (exact) mass is 345 g/mol. The van der Waals surface area contributed by atoms with Crippen LogP contribution in [0.25, 0.3) is 0 Å². The topological polar surface area (TPSA) is 88.3 Å². The molecule has 0 aliphatic rings. The van der Waals surface area contributed by atoms with Gasteiger partial charge in [-0.15, -0.1) is 0 Å². The number of nitrogens with one attached hydrogen (secondary N) is 1. The van der Waals surface area contributed by atoms with E-state index in [1.165, 1.54) is 6.20 Å². The number of halogens is 1. The molecule has 20 heavy (non-hydrogen) atoms. The Morgan fingerprint density at radius 3 is 2.60 bits per heavy atom. The molecule has 0 aliphatic carbocycles. The number of nitrogens with zero attached hydrogens (tertiary/aromatic N) is 2. The normalized spacial score (nSPS) is 13.1. The molecule has 1 rings (SSSR count). The minimum absolute atomic E-state index is 0.0113. The van der Waals surface area contributed by atoms with Crippen molar-refractivity contribution in [2.45, 2.75) is 40.2 Å². The van der Waals surface area contributed by atoms with Crippen LogP contribution >= 0.6 is 15.9 Å². The van der Waals surface area contributed by atoms with Gasteiger partial charge in [0.05, 0.1) is 9.40 Å². The van der Waals surface area contributed by atoms with Crippen LogP contribution in [0.1, 0.15) is 32.8 Å². The number of anilines is 1. The van der Waals surface area contributed by atoms with Gasteiger partial charge in [-0.05, 0) is 34.7 Å². The number of aliphatic hydroxyl groups excluding tert-OH is 1. The van der Waals surface area contributed by atoms with Crippen LogP contribution in [-0.2, 0) is 0 Å². The van der Waals surface area contributed by atoms with Gasteiger partial charge in [-0.1, -0.05) is 20.8 Å². The minimum atomic E-state index is -0.453. The number of rotatable bonds is 5. The predicted molar refractivity (Wildman–Crippen MR) is 81.9 cm³/mol. The molecule has 0 aliphatic heterocycles. The fraction of sp³-hybridized carbons (Fsp3) is 0.615. The maximum absolute atomic E-state index is 10.9. The Balaban J connectivity index is 3.09. The lowest BCUT2D eigenvalue weighted by atomic mass is 9.85. The number of aromatic nitrogens is 1. The van der Waals surface area contributed by atoms with Crippen molar-refractivity contribution in [1.29, 1.82) is 0 Å². The molecule has 1 unspecified atom stereocenters. The summed E-state index contributed by atoms with van der Waals surface area (Å²) in [7, 11) is 0. The van der Waals surface area contributed by atoms with Crippen molar-refractivity contribution >= 4 is 27.4 Å². The first-order valence-electron chi connectivity index (χ1n) is 6.35. The zero-order valence-electron chi connectivity index (χ0n) is 12.1. The van der Waals surface area contributed by atoms with Gasteiger partial charge >= 0.3 is 0 Å². The summed E-state index contributed by atoms with van der Waals surface area (Å²) in [5.41, 5.74) is 0.445. The van der Waals surface area contributed by atoms with Crippen molar-refractivity contribution in [2.75, 3.05) is 11.9 Å². The molecule has 0 aromatic carbocycles. The molecule has 6 nitrogen and oxygen atoms in total. The lowest BCUT2D eigenvalue weighted by Gasteiger charge is -2.32. The summed E-state index contributed by atoms with van der Waals surface area (Å²) in [4.78, 5) is 14.5. The fourth-order valence-electron chi connectivity index (χ4n) is 1.87. The fourth-order valence-corrected chi connectivity index (χ4v) is 2.29. The lowest BCUT2D eigenvalue weighted by Crippen LogP contribution is -2.35. The third-order valence-corrected chi connectivity index (χ3v) is 4.18. The zero-order chi connectivity index (χ0) is 15.5. The van der Waals surface area contributed by atoms with E-state index in [0.717, 1.165) is 0 Å². The van der Waals surface area contributed by atoms with E-state index in [0.29, 0.717) is 22.3 Å². The maximum Gasteiger partial charge on any atom is 0.291 e. The van der Waals surface area contributed by atoms with Crippen molar-refractivity contribution in [3.63, 3.8) is 0 Å². The van der Waals surface area contributed by atoms with Crippen LogP contribution in [0.3, 0.4) is 0 Å². The van der Waals surface area contributed by atoms with Crippen molar-refractivity contribution in [2.24, 2.45) is 5.41 Å². The third kappa shape index (κ3) is 3.89. The van der Waals surface area contributed by atoms with Gasteiger partial charge in [0.25, 0.3) is 5.69 Å². The molecule has 7 heteroatoms. The average Bonchev–Trinajstić information content (AvgIpc) is 2.32. The predicted octanol–water partition coefficient (Wildman–Crippen LogP) is 3.27. The summed E-state index contributed by atoms with van der Waals surface area (Å²) in [6.07, 6.45) is 1.83. The molecule has 0 fully saturated rings. The number of aliphatic hydroxyl groups is 1. The summed E-state index contributed by atoms with van der Waals surface area (Å²) in [6.45, 7) is 7.93. The second-order valence-electron chi connectivity index (χ2n) is 5.76. The van der Waals surface area contributed by atoms with E-state index >= 15 is 0 Å². The Morgan fingerprint density at radius 2 is 2.15 bits per heavy atom. The quantitative estimate of drug-likeness (QED) is 0.631. The van der Waals surface area contributed by atoms with E-state index in [4.69, 9.17) is 5.11 Å². The Kier molecular flexibility index (Phi) is 5.47. The summed E-state index contributed by atoms with van der Waals surface area (Å²) in [5, 5.41) is 23.3. The SMILES string of the molecule is Cc1c([N+](=O)[O-])cnc(NC(CCO)C(C)(C)C)c1Br. The Labute approximate surface area is 126 Å². The van der Waals surface area contributed by atoms with Gasteiger partial charge in [0.1, 0.15) is 12.0 Å². The van der Waals surface area contributed by atoms with Gasteiger partial charge in [-0.3, -0.25) is 10.1 Å². The molecule has 0 radical (unpaired) electrons. The summed E-state index contributed by atoms with van der Waals surface area (Å²) < 4.78 is 0.582. The molecule has 1 aromatic heterocycles. The molecule has 0 saturated heterocycles. The van der Waals surface area contributed by atoms with Crippen LogP contribution in [0.15, 0.2) is 10.7 Å². The van der Waals surface area contributed by atoms with Crippen molar-refractivity contribution in [3.05, 3.63) is 26.3 Å². The number of hydrogen-bond acceptors (Lipinski definition) is 5. The molecule has 0 bridgehead atoms. The molecule has 1 heterocycles. The Bertz CT molecular complexity index is 500. The van der Waals surface area contributed by atoms with Crippen LogP contribution < -0.4 is 5.32 Å². The molecule has 0 saturated carbocycles. The largest absolute Gasteiger partial charge is 0.396 e. The molecular weight excluding hydrogens is 326 g/mol. The molecule has 1 aromatic rings. The number of hydrogen-bond donors (Lipinski definition) is 2. The van der Waals surface area contributed by atoms with Crippen LogP contribution in [0.2, 0.25) is 0 Å². The van der Waals surface area contributed by atoms with Crippen molar-refractivity contribution in [1.82, 2.24) is 4.98 Å². The van der Waals surface area contributed by atoms with E-state index in [9.17, 15) is 10.1 Å². The van der Waals surface area contributed by atoms with E-state index < -0.39 is 4.92 Å². The summed E-state index contributed by atoms with van der Waals surface area (Å²) in [5.74, 6) is 0.557. The van der Waals surface area contributed by atoms with Gasteiger partial charge < -0.3 is 10.4 Å². The Morgan fingerprint density at radius 1 is 1.55 bits per heavy atom. The molecule has 2 N–H and O–H groups in total. The van der Waals surface area contributed by atoms with E-state index in [1.807, 2.05) is 0 Å². The minimum Gasteiger partial charge on any atom is -0.396 e. The van der Waals surface area contributed by atoms with E-state index in [1.54, 1.807) is 6.92 Å². The van der Waals surface area contributed by atoms with Gasteiger partial charge in [0.15, 0.2) is 0 Å². The van der Waals surface area contributed by atoms with Crippen LogP contribution in [0.4, 0.5) is 11.5 Å². The van der Waals surface area contributed by atoms with Crippen LogP contribution in [0.5, 0.6) is 0 Å². The highest BCUT2D eigenvalue weighted by atomic mass is 79.9. The van der Waals surface area contributed by atoms with Crippen molar-refractivity contribution < 1.29 is 10.0 Å². The van der Waals surface area contributed by atoms with Gasteiger partial charge in [-0.2, -0.15) is 0 Å². The highest BCUT2D eigenvalue weighted by Gasteiger charge is 2.26. The molecule has 0 amide bonds. The van der Waals surface area contributed by atoms with Crippen LogP contribution in [-0.4, -0.2) is 27.7 Å². The van der Waals surface area contributed by atoms with Gasteiger partial charge in [-0.25, -0.2) is 4.98 Å². The van der Waals surface area contributed by atoms with E-state index in [2.05, 4.69) is 47.0 Å². The maximum atomic E-state index is 10.9. The molecule has 0 spiro atoms. The number of nitro groups is 1. The van der Waals surface area contributed by atoms with Crippen LogP contribution in [0, 0.1) is 22.5 Å². The Hall–Kier alpha value is -1.21. The standard InChI is InChI=1S/C13H20BrN3O3/c1-8-9(17(19)20)7-15-12(11(8)14)16-10(5-6-18)13(2,3)4/h7,10,18H,5-6H2,1-4H3,(H,15,16). The third-order valence-electron chi connectivity index (χ3n) is 3.21. The lowest BCUT2D eigenvalue weighted by molar-refractivity contribution is -0.385. The first-order chi connectivity index (χ1) is 9.18. The molecule has 112 valence electrons. The molecule has 1 atom stereocenters.